The van der Waals surface area contributed by atoms with Crippen LogP contribution in [-0.4, -0.2) is 29.0 Å². The number of ether oxygens (including phenoxy) is 2. The Kier molecular flexibility index (Phi) is 5.06. The average Bonchev–Trinajstić information content (AvgIpc) is 3.10. The first-order chi connectivity index (χ1) is 17.4. The third-order valence-electron chi connectivity index (χ3n) is 7.05. The number of carbonyl (C=O) groups excluding carboxylic acids is 2. The summed E-state index contributed by atoms with van der Waals surface area (Å²) in [7, 11) is 0. The Hall–Kier alpha value is -4.22. The first-order valence-corrected chi connectivity index (χ1v) is 11.9. The van der Waals surface area contributed by atoms with Crippen LogP contribution in [-0.2, 0) is 11.2 Å². The van der Waals surface area contributed by atoms with Crippen LogP contribution < -0.4 is 10.4 Å². The minimum atomic E-state index is -1.04. The van der Waals surface area contributed by atoms with Crippen LogP contribution in [0.15, 0.2) is 57.7 Å². The molecule has 3 aliphatic rings. The lowest BCUT2D eigenvalue weighted by molar-refractivity contribution is -0.233. The number of aryl methyl sites for hydroxylation is 1. The molecule has 8 nitrogen and oxygen atoms in total. The molecule has 0 saturated carbocycles. The minimum Gasteiger partial charge on any atom is -0.461 e. The topological polar surface area (TPSA) is 110 Å². The van der Waals surface area contributed by atoms with Gasteiger partial charge in [-0.05, 0) is 55.2 Å². The fraction of sp³-hybridized carbons (Fsp3) is 0.286. The summed E-state index contributed by atoms with van der Waals surface area (Å²) >= 11 is 0. The molecule has 3 aliphatic heterocycles. The molecular formula is C28H22N2O6. The summed E-state index contributed by atoms with van der Waals surface area (Å²) in [6.07, 6.45) is 1.39. The summed E-state index contributed by atoms with van der Waals surface area (Å²) in [5, 5.41) is 9.39. The van der Waals surface area contributed by atoms with Crippen LogP contribution >= 0.6 is 0 Å². The van der Waals surface area contributed by atoms with Gasteiger partial charge < -0.3 is 13.9 Å². The highest BCUT2D eigenvalue weighted by molar-refractivity contribution is 6.21. The van der Waals surface area contributed by atoms with Crippen LogP contribution in [0, 0.1) is 18.3 Å². The minimum absolute atomic E-state index is 0.272. The van der Waals surface area contributed by atoms with Crippen LogP contribution in [0.25, 0.3) is 0 Å². The Morgan fingerprint density at radius 1 is 1.06 bits per heavy atom. The van der Waals surface area contributed by atoms with Crippen LogP contribution in [0.1, 0.15) is 74.1 Å². The van der Waals surface area contributed by atoms with Gasteiger partial charge >= 0.3 is 5.63 Å². The lowest BCUT2D eigenvalue weighted by atomic mass is 9.85. The molecule has 0 radical (unpaired) electrons. The maximum absolute atomic E-state index is 12.7. The monoisotopic (exact) mass is 482 g/mol. The summed E-state index contributed by atoms with van der Waals surface area (Å²) in [6.45, 7) is 1.98. The highest BCUT2D eigenvalue weighted by Crippen LogP contribution is 2.49. The van der Waals surface area contributed by atoms with Crippen molar-refractivity contribution in [3.05, 3.63) is 98.1 Å². The number of unbranched alkanes of at least 4 members (excludes halogenated alkanes) is 1. The predicted octanol–water partition coefficient (Wildman–Crippen LogP) is 4.04. The number of fused-ring (bicyclic) bond motifs is 7. The van der Waals surface area contributed by atoms with Crippen LogP contribution in [0.5, 0.6) is 5.75 Å². The average molecular weight is 482 g/mol. The van der Waals surface area contributed by atoms with Gasteiger partial charge in [0.25, 0.3) is 11.8 Å². The molecule has 0 unspecified atom stereocenters. The highest BCUT2D eigenvalue weighted by atomic mass is 16.7. The van der Waals surface area contributed by atoms with Crippen LogP contribution in [0.4, 0.5) is 0 Å². The fourth-order valence-corrected chi connectivity index (χ4v) is 5.39. The molecule has 2 bridgehead atoms. The highest BCUT2D eigenvalue weighted by Gasteiger charge is 2.48. The normalized spacial score (nSPS) is 21.3. The van der Waals surface area contributed by atoms with Gasteiger partial charge in [-0.25, -0.2) is 4.79 Å². The van der Waals surface area contributed by atoms with Gasteiger partial charge in [0.15, 0.2) is 0 Å². The Labute approximate surface area is 206 Å². The van der Waals surface area contributed by atoms with E-state index in [-0.39, 0.29) is 11.8 Å². The number of hydrogen-bond donors (Lipinski definition) is 0. The maximum Gasteiger partial charge on any atom is 0.345 e. The predicted molar refractivity (Wildman–Crippen MR) is 127 cm³/mol. The Morgan fingerprint density at radius 3 is 2.53 bits per heavy atom. The summed E-state index contributed by atoms with van der Waals surface area (Å²) in [5.74, 6) is -0.701. The zero-order valence-electron chi connectivity index (χ0n) is 19.6. The number of hydrogen-bond acceptors (Lipinski definition) is 7. The van der Waals surface area contributed by atoms with Gasteiger partial charge in [-0.2, -0.15) is 5.26 Å². The molecule has 0 spiro atoms. The molecule has 180 valence electrons. The number of rotatable bonds is 5. The molecule has 2 aromatic carbocycles. The van der Waals surface area contributed by atoms with Crippen molar-refractivity contribution in [3.8, 4) is 11.8 Å². The zero-order valence-corrected chi connectivity index (χ0v) is 19.6. The molecule has 4 heterocycles. The molecule has 0 aliphatic carbocycles. The second-order valence-electron chi connectivity index (χ2n) is 9.40. The van der Waals surface area contributed by atoms with Crippen molar-refractivity contribution in [1.29, 1.82) is 5.26 Å². The van der Waals surface area contributed by atoms with E-state index in [1.807, 2.05) is 12.1 Å². The van der Waals surface area contributed by atoms with E-state index in [9.17, 15) is 19.6 Å². The Bertz CT molecular complexity index is 1500. The van der Waals surface area contributed by atoms with Gasteiger partial charge in [0.2, 0.25) is 5.79 Å². The first kappa shape index (κ1) is 22.3. The van der Waals surface area contributed by atoms with Crippen molar-refractivity contribution in [2.24, 2.45) is 0 Å². The van der Waals surface area contributed by atoms with E-state index in [2.05, 4.69) is 6.07 Å². The Balaban J connectivity index is 1.25. The van der Waals surface area contributed by atoms with Crippen LogP contribution in [0.3, 0.4) is 0 Å². The summed E-state index contributed by atoms with van der Waals surface area (Å²) < 4.78 is 18.1. The van der Waals surface area contributed by atoms with Crippen molar-refractivity contribution in [2.75, 3.05) is 6.54 Å². The van der Waals surface area contributed by atoms with Gasteiger partial charge in [0, 0.05) is 25.5 Å². The molecule has 0 saturated heterocycles. The number of nitriles is 1. The molecule has 36 heavy (non-hydrogen) atoms. The molecule has 2 amide bonds. The lowest BCUT2D eigenvalue weighted by Crippen LogP contribution is -2.50. The van der Waals surface area contributed by atoms with E-state index in [0.717, 1.165) is 11.1 Å². The van der Waals surface area contributed by atoms with E-state index >= 15 is 0 Å². The van der Waals surface area contributed by atoms with E-state index in [0.29, 0.717) is 66.0 Å². The van der Waals surface area contributed by atoms with Gasteiger partial charge in [0.05, 0.1) is 22.8 Å². The number of nitrogens with zero attached hydrogens (tertiary/aromatic N) is 2. The third-order valence-corrected chi connectivity index (χ3v) is 7.05. The SMILES string of the molecule is Cc1cc2c(c(=O)o1)[C@H]1O[C@](CCCCN3C(=O)c4ccccc4C3=O)(Cc3cc(C#N)ccc31)O2. The lowest BCUT2D eigenvalue weighted by Gasteiger charge is -2.46. The van der Waals surface area contributed by atoms with Crippen molar-refractivity contribution < 1.29 is 23.5 Å². The maximum atomic E-state index is 12.7. The Morgan fingerprint density at radius 2 is 1.81 bits per heavy atom. The molecule has 8 heteroatoms. The number of carbonyl (C=O) groups is 2. The molecular weight excluding hydrogens is 460 g/mol. The van der Waals surface area contributed by atoms with Crippen molar-refractivity contribution in [1.82, 2.24) is 4.90 Å². The second-order valence-corrected chi connectivity index (χ2v) is 9.40. The number of benzene rings is 2. The summed E-state index contributed by atoms with van der Waals surface area (Å²) in [4.78, 5) is 39.3. The molecule has 6 rings (SSSR count). The number of amides is 2. The molecule has 0 fully saturated rings. The van der Waals surface area contributed by atoms with Crippen molar-refractivity contribution in [2.45, 2.75) is 44.5 Å². The summed E-state index contributed by atoms with van der Waals surface area (Å²) in [6, 6.07) is 16.0. The standard InChI is InChI=1S/C28H22N2O6/c1-16-12-22-23(27(33)34-16)24-19-9-8-17(15-29)13-18(19)14-28(35-22,36-24)10-4-5-11-30-25(31)20-6-2-3-7-21(20)26(30)32/h2-3,6-9,12-13,24H,4-5,10-11,14H2,1H3/t24-,28+/m0/s1. The van der Waals surface area contributed by atoms with Gasteiger partial charge in [0.1, 0.15) is 23.2 Å². The second kappa shape index (κ2) is 8.18. The van der Waals surface area contributed by atoms with Gasteiger partial charge in [-0.3, -0.25) is 14.5 Å². The van der Waals surface area contributed by atoms with E-state index in [4.69, 9.17) is 13.9 Å². The summed E-state index contributed by atoms with van der Waals surface area (Å²) in [5.41, 5.74) is 2.90. The molecule has 0 N–H and O–H groups in total. The van der Waals surface area contributed by atoms with Crippen molar-refractivity contribution in [3.63, 3.8) is 0 Å². The van der Waals surface area contributed by atoms with Crippen LogP contribution in [0.2, 0.25) is 0 Å². The van der Waals surface area contributed by atoms with Gasteiger partial charge in [-0.15, -0.1) is 0 Å². The number of imide groups is 1. The fourth-order valence-electron chi connectivity index (χ4n) is 5.39. The largest absolute Gasteiger partial charge is 0.461 e. The quantitative estimate of drug-likeness (QED) is 0.399. The third kappa shape index (κ3) is 3.43. The van der Waals surface area contributed by atoms with Crippen molar-refractivity contribution >= 4 is 11.8 Å². The molecule has 1 aromatic heterocycles. The smallest absolute Gasteiger partial charge is 0.345 e. The zero-order chi connectivity index (χ0) is 25.0. The first-order valence-electron chi connectivity index (χ1n) is 11.9. The van der Waals surface area contributed by atoms with E-state index in [1.54, 1.807) is 43.3 Å². The van der Waals surface area contributed by atoms with E-state index in [1.165, 1.54) is 4.90 Å². The molecule has 3 aromatic rings. The van der Waals surface area contributed by atoms with E-state index < -0.39 is 17.5 Å². The van der Waals surface area contributed by atoms with Gasteiger partial charge in [-0.1, -0.05) is 18.2 Å². The molecule has 2 atom stereocenters.